The molecule has 53 heavy (non-hydrogen) atoms. The van der Waals surface area contributed by atoms with Crippen molar-refractivity contribution in [3.63, 3.8) is 0 Å². The highest BCUT2D eigenvalue weighted by Crippen LogP contribution is 2.53. The van der Waals surface area contributed by atoms with E-state index in [9.17, 15) is 18.3 Å². The summed E-state index contributed by atoms with van der Waals surface area (Å²) >= 11 is 6.73. The van der Waals surface area contributed by atoms with Gasteiger partial charge in [0.15, 0.2) is 0 Å². The maximum absolute atomic E-state index is 12.8. The van der Waals surface area contributed by atoms with Crippen LogP contribution in [-0.4, -0.2) is 48.6 Å². The van der Waals surface area contributed by atoms with Gasteiger partial charge >= 0.3 is 6.36 Å². The van der Waals surface area contributed by atoms with Crippen LogP contribution in [0.25, 0.3) is 0 Å². The number of hydrogen-bond donors (Lipinski definition) is 1. The fourth-order valence-electron chi connectivity index (χ4n) is 6.89. The molecule has 0 amide bonds. The van der Waals surface area contributed by atoms with Crippen LogP contribution in [0.3, 0.4) is 0 Å². The zero-order chi connectivity index (χ0) is 36.9. The van der Waals surface area contributed by atoms with Gasteiger partial charge in [0.2, 0.25) is 5.79 Å². The van der Waals surface area contributed by atoms with E-state index in [0.717, 1.165) is 16.7 Å². The Bertz CT molecular complexity index is 1930. The maximum atomic E-state index is 12.8. The molecule has 2 fully saturated rings. The lowest BCUT2D eigenvalue weighted by molar-refractivity contribution is -0.353. The van der Waals surface area contributed by atoms with Gasteiger partial charge in [0.05, 0.1) is 33.0 Å². The Labute approximate surface area is 310 Å². The average molecular weight is 747 g/mol. The van der Waals surface area contributed by atoms with Crippen molar-refractivity contribution < 1.29 is 46.7 Å². The van der Waals surface area contributed by atoms with Crippen LogP contribution in [0.4, 0.5) is 13.2 Å². The summed E-state index contributed by atoms with van der Waals surface area (Å²) in [7, 11) is 0. The SMILES string of the molecule is OC[C@]12CO[C@@](c3ccc(Cl)c(Cc4ccc(OC(F)(F)F)cc4)c3)(O1)[C@H](OCc1ccccc1)[C@@H](OCc1ccccc1)[C@@H]2OCc1ccccc1. The average Bonchev–Trinajstić information content (AvgIpc) is 3.53. The highest BCUT2D eigenvalue weighted by atomic mass is 35.5. The summed E-state index contributed by atoms with van der Waals surface area (Å²) in [5, 5.41) is 11.5. The highest BCUT2D eigenvalue weighted by molar-refractivity contribution is 6.31. The van der Waals surface area contributed by atoms with Gasteiger partial charge in [-0.15, -0.1) is 13.2 Å². The molecule has 7 rings (SSSR count). The summed E-state index contributed by atoms with van der Waals surface area (Å²) in [5.74, 6) is -1.89. The first kappa shape index (κ1) is 37.1. The summed E-state index contributed by atoms with van der Waals surface area (Å²) in [4.78, 5) is 0. The largest absolute Gasteiger partial charge is 0.573 e. The molecule has 0 radical (unpaired) electrons. The Morgan fingerprint density at radius 2 is 1.23 bits per heavy atom. The van der Waals surface area contributed by atoms with Crippen LogP contribution in [0.15, 0.2) is 133 Å². The summed E-state index contributed by atoms with van der Waals surface area (Å²) < 4.78 is 76.2. The van der Waals surface area contributed by atoms with E-state index >= 15 is 0 Å². The number of fused-ring (bicyclic) bond motifs is 2. The molecule has 2 aliphatic heterocycles. The molecule has 5 aromatic carbocycles. The van der Waals surface area contributed by atoms with E-state index in [-0.39, 0.29) is 38.6 Å². The van der Waals surface area contributed by atoms with Crippen molar-refractivity contribution in [3.8, 4) is 5.75 Å². The van der Waals surface area contributed by atoms with Gasteiger partial charge in [-0.1, -0.05) is 121 Å². The van der Waals surface area contributed by atoms with Crippen molar-refractivity contribution in [2.24, 2.45) is 0 Å². The van der Waals surface area contributed by atoms with Crippen LogP contribution < -0.4 is 4.74 Å². The van der Waals surface area contributed by atoms with Crippen LogP contribution in [0.5, 0.6) is 5.75 Å². The topological polar surface area (TPSA) is 75.6 Å². The second-order valence-electron chi connectivity index (χ2n) is 13.2. The highest BCUT2D eigenvalue weighted by Gasteiger charge is 2.69. The Balaban J connectivity index is 1.27. The van der Waals surface area contributed by atoms with Crippen molar-refractivity contribution in [1.82, 2.24) is 0 Å². The van der Waals surface area contributed by atoms with E-state index in [1.54, 1.807) is 24.3 Å². The summed E-state index contributed by atoms with van der Waals surface area (Å²) in [6.45, 7) is 0.169. The van der Waals surface area contributed by atoms with E-state index in [1.807, 2.05) is 97.1 Å². The van der Waals surface area contributed by atoms with E-state index in [2.05, 4.69) is 4.74 Å². The first-order valence-electron chi connectivity index (χ1n) is 17.2. The minimum Gasteiger partial charge on any atom is -0.406 e. The second-order valence-corrected chi connectivity index (χ2v) is 13.6. The minimum absolute atomic E-state index is 0.0298. The smallest absolute Gasteiger partial charge is 0.406 e. The Morgan fingerprint density at radius 3 is 1.77 bits per heavy atom. The lowest BCUT2D eigenvalue weighted by Crippen LogP contribution is -2.67. The Kier molecular flexibility index (Phi) is 11.2. The number of ether oxygens (including phenoxy) is 6. The lowest BCUT2D eigenvalue weighted by Gasteiger charge is -2.50. The number of alkyl halides is 3. The molecule has 276 valence electrons. The van der Waals surface area contributed by atoms with Gasteiger partial charge < -0.3 is 33.5 Å². The number of rotatable bonds is 14. The standard InChI is InChI=1S/C42H38ClF3O7/c43-36-21-18-34(23-33(36)22-29-16-19-35(20-17-29)52-42(44,45)46)41-39(50-26-32-14-8-3-9-15-32)37(48-24-30-10-4-1-5-11-30)38(40(27-47,53-41)28-51-41)49-25-31-12-6-2-7-13-31/h1-21,23,37-39,47H,22,24-28H2/t37-,38-,39+,40+,41-/m0/s1. The monoisotopic (exact) mass is 746 g/mol. The minimum atomic E-state index is -4.79. The molecule has 2 saturated heterocycles. The van der Waals surface area contributed by atoms with Gasteiger partial charge in [-0.05, 0) is 58.5 Å². The third kappa shape index (κ3) is 8.45. The molecule has 2 aliphatic rings. The summed E-state index contributed by atoms with van der Waals surface area (Å²) in [6.07, 6.45) is -7.05. The number of benzene rings is 5. The van der Waals surface area contributed by atoms with E-state index in [4.69, 9.17) is 35.3 Å². The molecule has 0 aliphatic carbocycles. The molecule has 0 spiro atoms. The zero-order valence-electron chi connectivity index (χ0n) is 28.6. The number of hydrogen-bond acceptors (Lipinski definition) is 7. The predicted molar refractivity (Wildman–Crippen MR) is 191 cm³/mol. The van der Waals surface area contributed by atoms with Crippen LogP contribution in [0, 0.1) is 0 Å². The second kappa shape index (κ2) is 16.0. The van der Waals surface area contributed by atoms with Gasteiger partial charge in [0.1, 0.15) is 29.7 Å². The summed E-state index contributed by atoms with van der Waals surface area (Å²) in [5.41, 5.74) is 3.38. The molecule has 5 aromatic rings. The van der Waals surface area contributed by atoms with Crippen LogP contribution in [0.1, 0.15) is 33.4 Å². The predicted octanol–water partition coefficient (Wildman–Crippen LogP) is 8.53. The molecule has 0 unspecified atom stereocenters. The molecule has 0 aromatic heterocycles. The van der Waals surface area contributed by atoms with Gasteiger partial charge in [-0.2, -0.15) is 0 Å². The molecule has 7 nitrogen and oxygen atoms in total. The lowest BCUT2D eigenvalue weighted by atomic mass is 9.83. The van der Waals surface area contributed by atoms with Crippen LogP contribution >= 0.6 is 11.6 Å². The van der Waals surface area contributed by atoms with E-state index in [1.165, 1.54) is 12.1 Å². The van der Waals surface area contributed by atoms with Crippen molar-refractivity contribution >= 4 is 11.6 Å². The number of aliphatic hydroxyl groups is 1. The Hall–Kier alpha value is -4.26. The molecule has 1 N–H and O–H groups in total. The van der Waals surface area contributed by atoms with Gasteiger partial charge in [-0.25, -0.2) is 0 Å². The van der Waals surface area contributed by atoms with E-state index in [0.29, 0.717) is 21.7 Å². The number of halogens is 4. The molecule has 2 heterocycles. The maximum Gasteiger partial charge on any atom is 0.573 e. The summed E-state index contributed by atoms with van der Waals surface area (Å²) in [6, 6.07) is 40.1. The molecule has 2 bridgehead atoms. The molecule has 11 heteroatoms. The van der Waals surface area contributed by atoms with Crippen molar-refractivity contribution in [1.29, 1.82) is 0 Å². The first-order valence-corrected chi connectivity index (χ1v) is 17.6. The van der Waals surface area contributed by atoms with E-state index < -0.39 is 42.7 Å². The molecular weight excluding hydrogens is 709 g/mol. The normalized spacial score (nSPS) is 23.9. The molecular formula is C42H38ClF3O7. The molecule has 5 atom stereocenters. The van der Waals surface area contributed by atoms with Crippen LogP contribution in [-0.2, 0) is 55.7 Å². The first-order chi connectivity index (χ1) is 25.7. The zero-order valence-corrected chi connectivity index (χ0v) is 29.3. The quantitative estimate of drug-likeness (QED) is 0.122. The fraction of sp³-hybridized carbons (Fsp3) is 0.286. The third-order valence-electron chi connectivity index (χ3n) is 9.47. The Morgan fingerprint density at radius 1 is 0.679 bits per heavy atom. The third-order valence-corrected chi connectivity index (χ3v) is 9.84. The van der Waals surface area contributed by atoms with Crippen LogP contribution in [0.2, 0.25) is 5.02 Å². The van der Waals surface area contributed by atoms with Gasteiger partial charge in [-0.3, -0.25) is 0 Å². The van der Waals surface area contributed by atoms with Crippen molar-refractivity contribution in [2.45, 2.75) is 62.3 Å². The van der Waals surface area contributed by atoms with Crippen molar-refractivity contribution in [2.75, 3.05) is 13.2 Å². The molecule has 0 saturated carbocycles. The van der Waals surface area contributed by atoms with Gasteiger partial charge in [0, 0.05) is 10.6 Å². The number of aliphatic hydroxyl groups excluding tert-OH is 1. The fourth-order valence-corrected chi connectivity index (χ4v) is 7.07. The van der Waals surface area contributed by atoms with Crippen molar-refractivity contribution in [3.05, 3.63) is 172 Å². The van der Waals surface area contributed by atoms with Gasteiger partial charge in [0.25, 0.3) is 0 Å².